The Morgan fingerprint density at radius 2 is 2.06 bits per heavy atom. The van der Waals surface area contributed by atoms with E-state index in [0.29, 0.717) is 11.5 Å². The first-order valence-corrected chi connectivity index (χ1v) is 5.94. The van der Waals surface area contributed by atoms with E-state index in [1.165, 1.54) is 0 Å². The zero-order valence-corrected chi connectivity index (χ0v) is 10.9. The van der Waals surface area contributed by atoms with E-state index in [2.05, 4.69) is 0 Å². The summed E-state index contributed by atoms with van der Waals surface area (Å²) in [6.07, 6.45) is 1.50. The summed E-state index contributed by atoms with van der Waals surface area (Å²) in [5.41, 5.74) is 0.963. The van der Waals surface area contributed by atoms with E-state index in [9.17, 15) is 4.79 Å². The molecule has 4 nitrogen and oxygen atoms in total. The minimum absolute atomic E-state index is 0.120. The average Bonchev–Trinajstić information content (AvgIpc) is 3.01. The zero-order valence-electron chi connectivity index (χ0n) is 10.9. The Kier molecular flexibility index (Phi) is 3.20. The van der Waals surface area contributed by atoms with Crippen LogP contribution in [0.2, 0.25) is 0 Å². The van der Waals surface area contributed by atoms with Crippen LogP contribution in [0, 0.1) is 11.3 Å². The summed E-state index contributed by atoms with van der Waals surface area (Å²) in [6.45, 7) is 2.02. The van der Waals surface area contributed by atoms with Crippen LogP contribution in [0.5, 0.6) is 11.5 Å². The molecule has 0 aromatic heterocycles. The second-order valence-electron chi connectivity index (χ2n) is 5.12. The van der Waals surface area contributed by atoms with Crippen molar-refractivity contribution >= 4 is 5.97 Å². The first kappa shape index (κ1) is 12.7. The maximum absolute atomic E-state index is 10.9. The number of aliphatic carboxylic acids is 1. The molecule has 1 aliphatic rings. The van der Waals surface area contributed by atoms with Gasteiger partial charge in [-0.1, -0.05) is 13.0 Å². The Labute approximate surface area is 107 Å². The van der Waals surface area contributed by atoms with Gasteiger partial charge in [0.25, 0.3) is 0 Å². The predicted octanol–water partition coefficient (Wildman–Crippen LogP) is 2.36. The average molecular weight is 250 g/mol. The van der Waals surface area contributed by atoms with Crippen molar-refractivity contribution in [2.24, 2.45) is 11.3 Å². The summed E-state index contributed by atoms with van der Waals surface area (Å²) in [7, 11) is 3.20. The Morgan fingerprint density at radius 1 is 1.39 bits per heavy atom. The van der Waals surface area contributed by atoms with Crippen molar-refractivity contribution in [3.63, 3.8) is 0 Å². The molecule has 0 aliphatic heterocycles. The molecule has 0 amide bonds. The molecule has 0 radical (unpaired) electrons. The Morgan fingerprint density at radius 3 is 2.56 bits per heavy atom. The van der Waals surface area contributed by atoms with Gasteiger partial charge in [-0.2, -0.15) is 0 Å². The molecule has 0 saturated heterocycles. The third-order valence-electron chi connectivity index (χ3n) is 3.71. The number of carboxylic acids is 1. The lowest BCUT2D eigenvalue weighted by Gasteiger charge is -2.13. The second kappa shape index (κ2) is 4.52. The van der Waals surface area contributed by atoms with Crippen LogP contribution in [0.4, 0.5) is 0 Å². The smallest absolute Gasteiger partial charge is 0.307 e. The van der Waals surface area contributed by atoms with E-state index in [-0.39, 0.29) is 11.3 Å². The molecule has 1 aromatic carbocycles. The van der Waals surface area contributed by atoms with Crippen LogP contribution in [-0.2, 0) is 11.2 Å². The molecule has 0 bridgehead atoms. The number of carbonyl (C=O) groups is 1. The van der Waals surface area contributed by atoms with Crippen molar-refractivity contribution in [1.82, 2.24) is 0 Å². The second-order valence-corrected chi connectivity index (χ2v) is 5.12. The molecular formula is C14H18O4. The maximum atomic E-state index is 10.9. The third-order valence-corrected chi connectivity index (χ3v) is 3.71. The van der Waals surface area contributed by atoms with Gasteiger partial charge in [0.15, 0.2) is 11.5 Å². The minimum atomic E-state index is -0.696. The quantitative estimate of drug-likeness (QED) is 0.871. The summed E-state index contributed by atoms with van der Waals surface area (Å²) >= 11 is 0. The number of methoxy groups -OCH3 is 2. The fraction of sp³-hybridized carbons (Fsp3) is 0.500. The number of rotatable bonds is 5. The standard InChI is InChI=1S/C14H18O4/c1-14(8-10(14)13(15)16)7-9-4-5-11(17-2)12(6-9)18-3/h4-6,10H,7-8H2,1-3H3,(H,15,16). The first-order chi connectivity index (χ1) is 8.50. The monoisotopic (exact) mass is 250 g/mol. The van der Waals surface area contributed by atoms with E-state index < -0.39 is 5.97 Å². The summed E-state index contributed by atoms with van der Waals surface area (Å²) < 4.78 is 10.4. The van der Waals surface area contributed by atoms with Gasteiger partial charge in [-0.15, -0.1) is 0 Å². The lowest BCUT2D eigenvalue weighted by atomic mass is 9.96. The molecule has 18 heavy (non-hydrogen) atoms. The third kappa shape index (κ3) is 2.28. The van der Waals surface area contributed by atoms with Gasteiger partial charge in [0.05, 0.1) is 20.1 Å². The number of hydrogen-bond acceptors (Lipinski definition) is 3. The van der Waals surface area contributed by atoms with Gasteiger partial charge in [0.2, 0.25) is 0 Å². The van der Waals surface area contributed by atoms with Crippen molar-refractivity contribution in [2.45, 2.75) is 19.8 Å². The predicted molar refractivity (Wildman–Crippen MR) is 67.1 cm³/mol. The normalized spacial score (nSPS) is 25.6. The van der Waals surface area contributed by atoms with Crippen LogP contribution in [-0.4, -0.2) is 25.3 Å². The molecule has 1 aliphatic carbocycles. The fourth-order valence-electron chi connectivity index (χ4n) is 2.45. The Balaban J connectivity index is 2.14. The molecule has 0 spiro atoms. The molecule has 1 saturated carbocycles. The lowest BCUT2D eigenvalue weighted by molar-refractivity contribution is -0.139. The van der Waals surface area contributed by atoms with Crippen molar-refractivity contribution in [1.29, 1.82) is 0 Å². The topological polar surface area (TPSA) is 55.8 Å². The first-order valence-electron chi connectivity index (χ1n) is 5.94. The largest absolute Gasteiger partial charge is 0.493 e. The highest BCUT2D eigenvalue weighted by molar-refractivity contribution is 5.74. The van der Waals surface area contributed by atoms with Crippen LogP contribution in [0.25, 0.3) is 0 Å². The molecule has 1 fully saturated rings. The van der Waals surface area contributed by atoms with E-state index in [0.717, 1.165) is 18.4 Å². The van der Waals surface area contributed by atoms with Crippen LogP contribution in [0.15, 0.2) is 18.2 Å². The molecular weight excluding hydrogens is 232 g/mol. The van der Waals surface area contributed by atoms with Crippen molar-refractivity contribution in [2.75, 3.05) is 14.2 Å². The molecule has 2 atom stereocenters. The summed E-state index contributed by atoms with van der Waals surface area (Å²) in [5, 5.41) is 9.01. The summed E-state index contributed by atoms with van der Waals surface area (Å²) in [4.78, 5) is 10.9. The molecule has 1 aromatic rings. The van der Waals surface area contributed by atoms with Crippen LogP contribution < -0.4 is 9.47 Å². The molecule has 0 heterocycles. The highest BCUT2D eigenvalue weighted by atomic mass is 16.5. The van der Waals surface area contributed by atoms with E-state index >= 15 is 0 Å². The fourth-order valence-corrected chi connectivity index (χ4v) is 2.45. The van der Waals surface area contributed by atoms with Gasteiger partial charge in [0.1, 0.15) is 0 Å². The number of ether oxygens (including phenoxy) is 2. The van der Waals surface area contributed by atoms with Crippen LogP contribution in [0.1, 0.15) is 18.9 Å². The maximum Gasteiger partial charge on any atom is 0.307 e. The summed E-state index contributed by atoms with van der Waals surface area (Å²) in [6, 6.07) is 5.74. The molecule has 2 unspecified atom stereocenters. The Bertz CT molecular complexity index is 469. The number of benzene rings is 1. The SMILES string of the molecule is COc1ccc(CC2(C)CC2C(=O)O)cc1OC. The molecule has 2 rings (SSSR count). The highest BCUT2D eigenvalue weighted by Crippen LogP contribution is 2.54. The number of carboxylic acid groups (broad SMARTS) is 1. The van der Waals surface area contributed by atoms with Crippen LogP contribution in [0.3, 0.4) is 0 Å². The van der Waals surface area contributed by atoms with Gasteiger partial charge in [0, 0.05) is 0 Å². The van der Waals surface area contributed by atoms with E-state index in [1.807, 2.05) is 25.1 Å². The molecule has 4 heteroatoms. The van der Waals surface area contributed by atoms with Crippen LogP contribution >= 0.6 is 0 Å². The van der Waals surface area contributed by atoms with Gasteiger partial charge < -0.3 is 14.6 Å². The van der Waals surface area contributed by atoms with Crippen molar-refractivity contribution < 1.29 is 19.4 Å². The molecule has 1 N–H and O–H groups in total. The van der Waals surface area contributed by atoms with E-state index in [4.69, 9.17) is 14.6 Å². The van der Waals surface area contributed by atoms with Gasteiger partial charge >= 0.3 is 5.97 Å². The number of hydrogen-bond donors (Lipinski definition) is 1. The van der Waals surface area contributed by atoms with E-state index in [1.54, 1.807) is 14.2 Å². The highest BCUT2D eigenvalue weighted by Gasteiger charge is 2.54. The van der Waals surface area contributed by atoms with Gasteiger partial charge in [-0.05, 0) is 36.0 Å². The van der Waals surface area contributed by atoms with Crippen molar-refractivity contribution in [3.8, 4) is 11.5 Å². The van der Waals surface area contributed by atoms with Gasteiger partial charge in [-0.3, -0.25) is 4.79 Å². The zero-order chi connectivity index (χ0) is 13.3. The minimum Gasteiger partial charge on any atom is -0.493 e. The van der Waals surface area contributed by atoms with Crippen molar-refractivity contribution in [3.05, 3.63) is 23.8 Å². The molecule has 98 valence electrons. The van der Waals surface area contributed by atoms with Gasteiger partial charge in [-0.25, -0.2) is 0 Å². The lowest BCUT2D eigenvalue weighted by Crippen LogP contribution is -2.10. The summed E-state index contributed by atoms with van der Waals surface area (Å²) in [5.74, 6) is 0.465. The Hall–Kier alpha value is -1.71.